The maximum atomic E-state index is 13.4. The topological polar surface area (TPSA) is 38.0 Å². The molecule has 1 aromatic carbocycles. The fraction of sp³-hybridized carbons (Fsp3) is 0.625. The first-order chi connectivity index (χ1) is 9.70. The van der Waals surface area contributed by atoms with Crippen molar-refractivity contribution in [1.29, 1.82) is 0 Å². The third-order valence-corrected chi connectivity index (χ3v) is 4.75. The Bertz CT molecular complexity index is 417. The van der Waals surface area contributed by atoms with Crippen LogP contribution in [0.15, 0.2) is 18.2 Å². The average Bonchev–Trinajstić information content (AvgIpc) is 2.40. The van der Waals surface area contributed by atoms with Gasteiger partial charge in [-0.1, -0.05) is 43.7 Å². The average molecular weight is 299 g/mol. The minimum atomic E-state index is -0.238. The van der Waals surface area contributed by atoms with Gasteiger partial charge in [0.2, 0.25) is 0 Å². The van der Waals surface area contributed by atoms with E-state index < -0.39 is 0 Å². The summed E-state index contributed by atoms with van der Waals surface area (Å²) in [6.45, 7) is 0. The van der Waals surface area contributed by atoms with Crippen molar-refractivity contribution >= 4 is 11.6 Å². The van der Waals surface area contributed by atoms with E-state index in [-0.39, 0.29) is 11.9 Å². The third kappa shape index (κ3) is 4.44. The lowest BCUT2D eigenvalue weighted by atomic mass is 9.83. The van der Waals surface area contributed by atoms with Gasteiger partial charge in [-0.3, -0.25) is 11.3 Å². The highest BCUT2D eigenvalue weighted by molar-refractivity contribution is 6.31. The lowest BCUT2D eigenvalue weighted by Crippen LogP contribution is -2.42. The number of nitrogens with one attached hydrogen (secondary N) is 1. The molecule has 1 fully saturated rings. The van der Waals surface area contributed by atoms with Crippen LogP contribution in [0.2, 0.25) is 5.02 Å². The summed E-state index contributed by atoms with van der Waals surface area (Å²) in [6.07, 6.45) is 9.59. The normalized spacial score (nSPS) is 19.4. The van der Waals surface area contributed by atoms with Crippen LogP contribution < -0.4 is 11.3 Å². The summed E-state index contributed by atoms with van der Waals surface area (Å²) in [5.41, 5.74) is 3.78. The molecule has 0 saturated heterocycles. The van der Waals surface area contributed by atoms with E-state index in [1.807, 2.05) is 0 Å². The largest absolute Gasteiger partial charge is 0.271 e. The van der Waals surface area contributed by atoms with E-state index in [1.165, 1.54) is 57.1 Å². The zero-order valence-corrected chi connectivity index (χ0v) is 12.6. The molecule has 0 radical (unpaired) electrons. The summed E-state index contributed by atoms with van der Waals surface area (Å²) in [6, 6.07) is 4.72. The molecule has 1 unspecified atom stereocenters. The molecule has 0 heterocycles. The van der Waals surface area contributed by atoms with Crippen molar-refractivity contribution in [3.05, 3.63) is 34.6 Å². The molecule has 0 aliphatic heterocycles. The molecule has 2 rings (SSSR count). The van der Waals surface area contributed by atoms with Crippen LogP contribution in [0.25, 0.3) is 0 Å². The fourth-order valence-corrected chi connectivity index (χ4v) is 3.38. The second kappa shape index (κ2) is 7.96. The maximum Gasteiger partial charge on any atom is 0.123 e. The lowest BCUT2D eigenvalue weighted by molar-refractivity contribution is 0.285. The van der Waals surface area contributed by atoms with Gasteiger partial charge in [0.05, 0.1) is 0 Å². The molecule has 0 spiro atoms. The Kier molecular flexibility index (Phi) is 6.27. The van der Waals surface area contributed by atoms with E-state index in [0.29, 0.717) is 17.4 Å². The van der Waals surface area contributed by atoms with Gasteiger partial charge in [0.25, 0.3) is 0 Å². The van der Waals surface area contributed by atoms with Crippen molar-refractivity contribution < 1.29 is 4.39 Å². The van der Waals surface area contributed by atoms with Crippen molar-refractivity contribution in [3.63, 3.8) is 0 Å². The molecule has 1 aliphatic carbocycles. The van der Waals surface area contributed by atoms with E-state index in [9.17, 15) is 4.39 Å². The van der Waals surface area contributed by atoms with Crippen LogP contribution in [-0.4, -0.2) is 6.04 Å². The van der Waals surface area contributed by atoms with Crippen LogP contribution in [0.3, 0.4) is 0 Å². The predicted octanol–water partition coefficient (Wildman–Crippen LogP) is 4.21. The van der Waals surface area contributed by atoms with Gasteiger partial charge in [-0.15, -0.1) is 0 Å². The number of hydrazine groups is 1. The molecule has 112 valence electrons. The quantitative estimate of drug-likeness (QED) is 0.645. The van der Waals surface area contributed by atoms with Crippen molar-refractivity contribution in [2.24, 2.45) is 11.8 Å². The highest BCUT2D eigenvalue weighted by Crippen LogP contribution is 2.28. The van der Waals surface area contributed by atoms with Gasteiger partial charge in [-0.05, 0) is 48.9 Å². The zero-order valence-electron chi connectivity index (χ0n) is 11.9. The Balaban J connectivity index is 2.04. The molecule has 2 nitrogen and oxygen atoms in total. The second-order valence-electron chi connectivity index (χ2n) is 5.82. The fourth-order valence-electron chi connectivity index (χ4n) is 3.19. The van der Waals surface area contributed by atoms with Gasteiger partial charge in [0.15, 0.2) is 0 Å². The Hall–Kier alpha value is -0.640. The molecular formula is C16H24ClFN2. The van der Waals surface area contributed by atoms with Crippen LogP contribution in [0, 0.1) is 11.7 Å². The third-order valence-electron chi connectivity index (χ3n) is 4.38. The summed E-state index contributed by atoms with van der Waals surface area (Å²) >= 11 is 6.16. The smallest absolute Gasteiger partial charge is 0.123 e. The van der Waals surface area contributed by atoms with E-state index in [0.717, 1.165) is 5.56 Å². The van der Waals surface area contributed by atoms with Crippen LogP contribution in [-0.2, 0) is 6.42 Å². The monoisotopic (exact) mass is 298 g/mol. The Morgan fingerprint density at radius 1 is 1.20 bits per heavy atom. The van der Waals surface area contributed by atoms with E-state index in [2.05, 4.69) is 5.43 Å². The highest BCUT2D eigenvalue weighted by atomic mass is 35.5. The molecule has 0 bridgehead atoms. The van der Waals surface area contributed by atoms with Gasteiger partial charge in [-0.2, -0.15) is 0 Å². The Morgan fingerprint density at radius 3 is 2.50 bits per heavy atom. The van der Waals surface area contributed by atoms with Crippen molar-refractivity contribution in [2.45, 2.75) is 57.4 Å². The predicted molar refractivity (Wildman–Crippen MR) is 82.0 cm³/mol. The number of hydrogen-bond donors (Lipinski definition) is 2. The molecular weight excluding hydrogens is 275 g/mol. The first-order valence-corrected chi connectivity index (χ1v) is 7.98. The molecule has 0 amide bonds. The molecule has 1 saturated carbocycles. The highest BCUT2D eigenvalue weighted by Gasteiger charge is 2.22. The lowest BCUT2D eigenvalue weighted by Gasteiger charge is -2.28. The van der Waals surface area contributed by atoms with E-state index >= 15 is 0 Å². The number of benzene rings is 1. The summed E-state index contributed by atoms with van der Waals surface area (Å²) in [5.74, 6) is 6.06. The van der Waals surface area contributed by atoms with Crippen LogP contribution >= 0.6 is 11.6 Å². The van der Waals surface area contributed by atoms with Gasteiger partial charge >= 0.3 is 0 Å². The first-order valence-electron chi connectivity index (χ1n) is 7.60. The Morgan fingerprint density at radius 2 is 1.85 bits per heavy atom. The van der Waals surface area contributed by atoms with Crippen molar-refractivity contribution in [1.82, 2.24) is 5.43 Å². The van der Waals surface area contributed by atoms with Crippen molar-refractivity contribution in [3.8, 4) is 0 Å². The standard InChI is InChI=1S/C16H24ClFN2/c17-15-9-8-14(18)10-13(15)11-16(20-19)12-6-4-2-1-3-5-7-12/h8-10,12,16,20H,1-7,11,19H2. The van der Waals surface area contributed by atoms with Gasteiger partial charge in [0.1, 0.15) is 5.82 Å². The summed E-state index contributed by atoms with van der Waals surface area (Å²) in [5, 5.41) is 0.623. The van der Waals surface area contributed by atoms with Crippen LogP contribution in [0.1, 0.15) is 50.5 Å². The summed E-state index contributed by atoms with van der Waals surface area (Å²) < 4.78 is 13.4. The number of halogens is 2. The molecule has 1 aliphatic rings. The minimum Gasteiger partial charge on any atom is -0.271 e. The van der Waals surface area contributed by atoms with Crippen molar-refractivity contribution in [2.75, 3.05) is 0 Å². The molecule has 3 N–H and O–H groups in total. The Labute approximate surface area is 125 Å². The molecule has 1 aromatic rings. The zero-order chi connectivity index (χ0) is 14.4. The number of nitrogens with two attached hydrogens (primary N) is 1. The molecule has 1 atom stereocenters. The molecule has 20 heavy (non-hydrogen) atoms. The molecule has 4 heteroatoms. The maximum absolute atomic E-state index is 13.4. The van der Waals surface area contributed by atoms with Crippen LogP contribution in [0.4, 0.5) is 4.39 Å². The SMILES string of the molecule is NNC(Cc1cc(F)ccc1Cl)C1CCCCCCC1. The summed E-state index contributed by atoms with van der Waals surface area (Å²) in [4.78, 5) is 0. The van der Waals surface area contributed by atoms with E-state index in [1.54, 1.807) is 6.07 Å². The molecule has 0 aromatic heterocycles. The number of rotatable bonds is 4. The number of hydrogen-bond acceptors (Lipinski definition) is 2. The second-order valence-corrected chi connectivity index (χ2v) is 6.23. The summed E-state index contributed by atoms with van der Waals surface area (Å²) in [7, 11) is 0. The van der Waals surface area contributed by atoms with Gasteiger partial charge in [0, 0.05) is 11.1 Å². The first kappa shape index (κ1) is 15.7. The van der Waals surface area contributed by atoms with Gasteiger partial charge in [-0.25, -0.2) is 4.39 Å². The van der Waals surface area contributed by atoms with Crippen LogP contribution in [0.5, 0.6) is 0 Å². The minimum absolute atomic E-state index is 0.174. The van der Waals surface area contributed by atoms with E-state index in [4.69, 9.17) is 17.4 Å². The van der Waals surface area contributed by atoms with Gasteiger partial charge < -0.3 is 0 Å².